The van der Waals surface area contributed by atoms with Crippen molar-refractivity contribution in [2.24, 2.45) is 17.8 Å². The van der Waals surface area contributed by atoms with Crippen LogP contribution in [0, 0.1) is 29.6 Å². The average molecular weight is 602 g/mol. The molecule has 1 aliphatic rings. The highest BCUT2D eigenvalue weighted by molar-refractivity contribution is 5.76. The van der Waals surface area contributed by atoms with Gasteiger partial charge in [-0.05, 0) is 24.7 Å². The lowest BCUT2D eigenvalue weighted by molar-refractivity contribution is -0.120. The minimum atomic E-state index is -0.661. The van der Waals surface area contributed by atoms with Crippen LogP contribution in [0.15, 0.2) is 15.8 Å². The number of aromatic nitrogens is 2. The van der Waals surface area contributed by atoms with Crippen molar-refractivity contribution in [3.05, 3.63) is 32.6 Å². The summed E-state index contributed by atoms with van der Waals surface area (Å²) >= 11 is 0. The molecule has 8 nitrogen and oxygen atoms in total. The summed E-state index contributed by atoms with van der Waals surface area (Å²) in [5.74, 6) is 6.47. The van der Waals surface area contributed by atoms with Gasteiger partial charge < -0.3 is 14.8 Å². The number of amides is 1. The minimum Gasteiger partial charge on any atom is -0.376 e. The summed E-state index contributed by atoms with van der Waals surface area (Å²) in [5.41, 5.74) is -0.961. The van der Waals surface area contributed by atoms with Gasteiger partial charge in [-0.2, -0.15) is 0 Å². The molecule has 4 atom stereocenters. The minimum absolute atomic E-state index is 0.0329. The largest absolute Gasteiger partial charge is 0.376 e. The highest BCUT2D eigenvalue weighted by Crippen LogP contribution is 2.41. The third-order valence-electron chi connectivity index (χ3n) is 8.50. The van der Waals surface area contributed by atoms with Gasteiger partial charge in [-0.3, -0.25) is 19.1 Å². The number of carbonyl (C=O) groups is 1. The van der Waals surface area contributed by atoms with Crippen molar-refractivity contribution in [3.63, 3.8) is 0 Å². The Morgan fingerprint density at radius 2 is 1.56 bits per heavy atom. The molecule has 2 rings (SSSR count). The Morgan fingerprint density at radius 1 is 0.977 bits per heavy atom. The topological polar surface area (TPSA) is 102 Å². The Balaban J connectivity index is 1.78. The van der Waals surface area contributed by atoms with Gasteiger partial charge in [0.05, 0.1) is 12.6 Å². The summed E-state index contributed by atoms with van der Waals surface area (Å²) in [6.07, 6.45) is 18.2. The van der Waals surface area contributed by atoms with E-state index in [0.717, 1.165) is 19.3 Å². The number of carbonyl (C=O) groups excluding carboxylic acids is 1. The van der Waals surface area contributed by atoms with E-state index in [-0.39, 0.29) is 36.1 Å². The molecular weight excluding hydrogens is 542 g/mol. The van der Waals surface area contributed by atoms with Crippen molar-refractivity contribution in [2.75, 3.05) is 13.7 Å². The quantitative estimate of drug-likeness (QED) is 0.128. The number of aromatic amines is 1. The fourth-order valence-electron chi connectivity index (χ4n) is 6.17. The van der Waals surface area contributed by atoms with E-state index in [9.17, 15) is 14.4 Å². The Bertz CT molecular complexity index is 1110. The summed E-state index contributed by atoms with van der Waals surface area (Å²) in [4.78, 5) is 39.9. The number of rotatable bonds is 20. The highest BCUT2D eigenvalue weighted by Gasteiger charge is 2.47. The van der Waals surface area contributed by atoms with Crippen molar-refractivity contribution < 1.29 is 14.3 Å². The first-order valence-electron chi connectivity index (χ1n) is 17.0. The second-order valence-electron chi connectivity index (χ2n) is 13.0. The van der Waals surface area contributed by atoms with Crippen molar-refractivity contribution in [2.45, 2.75) is 149 Å². The number of unbranched alkanes of at least 4 members (excludes halogenated alkanes) is 12. The van der Waals surface area contributed by atoms with Crippen LogP contribution in [0.2, 0.25) is 0 Å². The lowest BCUT2D eigenvalue weighted by Crippen LogP contribution is -2.39. The molecule has 8 heteroatoms. The summed E-state index contributed by atoms with van der Waals surface area (Å²) in [7, 11) is 1.63. The van der Waals surface area contributed by atoms with E-state index in [1.54, 1.807) is 7.11 Å². The molecule has 0 aromatic carbocycles. The molecule has 1 fully saturated rings. The molecule has 43 heavy (non-hydrogen) atoms. The molecule has 1 saturated heterocycles. The molecule has 0 radical (unpaired) electrons. The van der Waals surface area contributed by atoms with Crippen molar-refractivity contribution in [3.8, 4) is 11.8 Å². The molecule has 2 heterocycles. The number of hydrogen-bond acceptors (Lipinski definition) is 5. The first-order chi connectivity index (χ1) is 20.7. The number of methoxy groups -OCH3 is 1. The van der Waals surface area contributed by atoms with Gasteiger partial charge in [-0.1, -0.05) is 124 Å². The van der Waals surface area contributed by atoms with Crippen LogP contribution in [0.25, 0.3) is 0 Å². The van der Waals surface area contributed by atoms with Crippen LogP contribution in [0.1, 0.15) is 143 Å². The molecule has 1 aromatic rings. The molecule has 0 aliphatic carbocycles. The molecule has 1 aromatic heterocycles. The monoisotopic (exact) mass is 601 g/mol. The fraction of sp³-hybridized carbons (Fsp3) is 0.800. The van der Waals surface area contributed by atoms with Crippen molar-refractivity contribution in [1.82, 2.24) is 14.9 Å². The number of hydrogen-bond donors (Lipinski definition) is 2. The molecule has 1 aliphatic heterocycles. The summed E-state index contributed by atoms with van der Waals surface area (Å²) in [6, 6.07) is 0. The van der Waals surface area contributed by atoms with E-state index in [1.165, 1.54) is 81.4 Å². The molecule has 1 amide bonds. The average Bonchev–Trinajstić information content (AvgIpc) is 3.31. The third-order valence-corrected chi connectivity index (χ3v) is 8.50. The van der Waals surface area contributed by atoms with Crippen LogP contribution in [0.3, 0.4) is 0 Å². The second-order valence-corrected chi connectivity index (χ2v) is 13.0. The Kier molecular flexibility index (Phi) is 17.6. The second kappa shape index (κ2) is 20.6. The van der Waals surface area contributed by atoms with Gasteiger partial charge in [0.1, 0.15) is 11.7 Å². The molecule has 244 valence electrons. The molecule has 2 N–H and O–H groups in total. The van der Waals surface area contributed by atoms with E-state index in [1.807, 2.05) is 0 Å². The van der Waals surface area contributed by atoms with E-state index in [2.05, 4.69) is 56.8 Å². The van der Waals surface area contributed by atoms with Gasteiger partial charge in [0, 0.05) is 25.6 Å². The lowest BCUT2D eigenvalue weighted by atomic mass is 9.83. The van der Waals surface area contributed by atoms with Gasteiger partial charge in [0.15, 0.2) is 6.23 Å². The molecular formula is C35H59N3O5. The summed E-state index contributed by atoms with van der Waals surface area (Å²) in [6.45, 7) is 11.0. The maximum Gasteiger partial charge on any atom is 0.330 e. The van der Waals surface area contributed by atoms with Crippen LogP contribution in [-0.2, 0) is 14.3 Å². The number of ether oxygens (including phenoxy) is 2. The van der Waals surface area contributed by atoms with Crippen LogP contribution >= 0.6 is 0 Å². The van der Waals surface area contributed by atoms with Gasteiger partial charge in [-0.25, -0.2) is 4.79 Å². The molecule has 0 saturated carbocycles. The highest BCUT2D eigenvalue weighted by atomic mass is 16.6. The maximum absolute atomic E-state index is 12.8. The van der Waals surface area contributed by atoms with Gasteiger partial charge in [0.2, 0.25) is 5.91 Å². The van der Waals surface area contributed by atoms with Crippen LogP contribution < -0.4 is 16.6 Å². The summed E-state index contributed by atoms with van der Waals surface area (Å²) in [5, 5.41) is 2.82. The van der Waals surface area contributed by atoms with Gasteiger partial charge >= 0.3 is 5.69 Å². The van der Waals surface area contributed by atoms with Crippen molar-refractivity contribution >= 4 is 5.91 Å². The van der Waals surface area contributed by atoms with Crippen LogP contribution in [-0.4, -0.2) is 41.3 Å². The van der Waals surface area contributed by atoms with Gasteiger partial charge in [0.25, 0.3) is 5.56 Å². The van der Waals surface area contributed by atoms with Crippen LogP contribution in [0.4, 0.5) is 0 Å². The standard InChI is InChI=1S/C35H59N3O5/c1-7-8-9-10-11-12-13-14-15-16-17-18-19-22-30(39)36-23-20-21-28-25-38(35(41)37-33(28)40)34-32(42-6)31(27(4)5)29(43-34)24-26(2)3/h25-27,29,31-32,34H,7-19,22-24H2,1-6H3,(H,36,39)(H,37,40,41)/t29-,31?,32+,34-/m1/s1. The van der Waals surface area contributed by atoms with E-state index in [0.29, 0.717) is 18.3 Å². The predicted molar refractivity (Wildman–Crippen MR) is 174 cm³/mol. The lowest BCUT2D eigenvalue weighted by Gasteiger charge is -2.27. The molecule has 0 spiro atoms. The zero-order valence-corrected chi connectivity index (χ0v) is 27.8. The zero-order valence-electron chi connectivity index (χ0n) is 27.8. The zero-order chi connectivity index (χ0) is 31.6. The number of nitrogens with zero attached hydrogens (tertiary/aromatic N) is 1. The smallest absolute Gasteiger partial charge is 0.330 e. The van der Waals surface area contributed by atoms with E-state index >= 15 is 0 Å². The fourth-order valence-corrected chi connectivity index (χ4v) is 6.17. The Labute approximate surface area is 260 Å². The summed E-state index contributed by atoms with van der Waals surface area (Å²) < 4.78 is 13.6. The van der Waals surface area contributed by atoms with Crippen LogP contribution in [0.5, 0.6) is 0 Å². The normalized spacial score (nSPS) is 20.0. The Hall–Kier alpha value is -2.37. The van der Waals surface area contributed by atoms with E-state index in [4.69, 9.17) is 9.47 Å². The molecule has 1 unspecified atom stereocenters. The number of H-pyrrole nitrogens is 1. The van der Waals surface area contributed by atoms with Crippen molar-refractivity contribution in [1.29, 1.82) is 0 Å². The maximum atomic E-state index is 12.8. The van der Waals surface area contributed by atoms with E-state index < -0.39 is 17.5 Å². The third kappa shape index (κ3) is 13.0. The first kappa shape index (κ1) is 36.8. The predicted octanol–water partition coefficient (Wildman–Crippen LogP) is 6.72. The van der Waals surface area contributed by atoms with Gasteiger partial charge in [-0.15, -0.1) is 0 Å². The molecule has 0 bridgehead atoms. The first-order valence-corrected chi connectivity index (χ1v) is 17.0. The number of nitrogens with one attached hydrogen (secondary N) is 2. The SMILES string of the molecule is CCCCCCCCCCCCCCCC(=O)NCC#Cc1cn([C@@H]2O[C@H](CC(C)C)C(C(C)C)[C@@H]2OC)c(=O)[nH]c1=O. The Morgan fingerprint density at radius 3 is 2.09 bits per heavy atom.